The van der Waals surface area contributed by atoms with Gasteiger partial charge in [-0.05, 0) is 12.1 Å². The third kappa shape index (κ3) is 5.04. The van der Waals surface area contributed by atoms with Gasteiger partial charge in [-0.15, -0.1) is 5.10 Å². The van der Waals surface area contributed by atoms with Crippen LogP contribution in [0.4, 0.5) is 0 Å². The molecule has 15 heavy (non-hydrogen) atoms. The van der Waals surface area contributed by atoms with Crippen LogP contribution in [0.15, 0.2) is 54.4 Å². The number of rotatable bonds is 1. The first-order valence-electron chi connectivity index (χ1n) is 4.22. The number of imidazole rings is 1. The molecule has 0 aliphatic heterocycles. The summed E-state index contributed by atoms with van der Waals surface area (Å²) < 4.78 is 1.43. The number of hydrogen-bond donors (Lipinski definition) is 2. The largest absolute Gasteiger partial charge is 0.369 e. The van der Waals surface area contributed by atoms with Gasteiger partial charge < -0.3 is 11.5 Å². The molecule has 0 unspecified atom stereocenters. The molecule has 2 heterocycles. The van der Waals surface area contributed by atoms with Crippen molar-refractivity contribution in [1.82, 2.24) is 14.6 Å². The maximum atomic E-state index is 5.06. The smallest absolute Gasteiger partial charge is 0.209 e. The van der Waals surface area contributed by atoms with Crippen molar-refractivity contribution in [3.05, 3.63) is 49.3 Å². The molecular formula is C9H12N6. The highest BCUT2D eigenvalue weighted by molar-refractivity contribution is 5.75. The van der Waals surface area contributed by atoms with Crippen LogP contribution >= 0.6 is 0 Å². The molecule has 0 amide bonds. The Hall–Kier alpha value is -2.37. The van der Waals surface area contributed by atoms with Crippen molar-refractivity contribution in [3.63, 3.8) is 0 Å². The van der Waals surface area contributed by atoms with E-state index in [9.17, 15) is 0 Å². The number of nitrogens with two attached hydrogens (primary N) is 2. The van der Waals surface area contributed by atoms with E-state index in [-0.39, 0.29) is 5.96 Å². The van der Waals surface area contributed by atoms with Crippen molar-refractivity contribution < 1.29 is 0 Å². The predicted molar refractivity (Wildman–Crippen MR) is 57.7 cm³/mol. The summed E-state index contributed by atoms with van der Waals surface area (Å²) in [7, 11) is 0. The number of aromatic nitrogens is 3. The highest BCUT2D eigenvalue weighted by atomic mass is 15.4. The molecule has 0 atom stereocenters. The second kappa shape index (κ2) is 6.14. The van der Waals surface area contributed by atoms with Gasteiger partial charge in [-0.3, -0.25) is 4.98 Å². The average molecular weight is 204 g/mol. The van der Waals surface area contributed by atoms with Crippen LogP contribution in [0.3, 0.4) is 0 Å². The molecule has 0 aliphatic rings. The summed E-state index contributed by atoms with van der Waals surface area (Å²) in [6.45, 7) is 0. The van der Waals surface area contributed by atoms with E-state index in [1.807, 2.05) is 18.2 Å². The van der Waals surface area contributed by atoms with Gasteiger partial charge in [0.05, 0.1) is 0 Å². The number of hydrogen-bond acceptors (Lipinski definition) is 3. The number of nitrogens with zero attached hydrogens (tertiary/aromatic N) is 4. The summed E-state index contributed by atoms with van der Waals surface area (Å²) in [6, 6.07) is 5.72. The maximum Gasteiger partial charge on any atom is 0.209 e. The molecule has 0 bridgehead atoms. The molecular weight excluding hydrogens is 192 g/mol. The van der Waals surface area contributed by atoms with E-state index in [0.29, 0.717) is 0 Å². The SMILES string of the molecule is NC(N)=Nn1ccnc1.c1ccncc1. The lowest BCUT2D eigenvalue weighted by Crippen LogP contribution is -2.23. The molecule has 0 aliphatic carbocycles. The quantitative estimate of drug-likeness (QED) is 0.505. The van der Waals surface area contributed by atoms with Crippen LogP contribution in [0.25, 0.3) is 0 Å². The third-order valence-electron chi connectivity index (χ3n) is 1.29. The Morgan fingerprint density at radius 3 is 2.07 bits per heavy atom. The molecule has 2 aromatic heterocycles. The summed E-state index contributed by atoms with van der Waals surface area (Å²) in [5, 5.41) is 3.65. The Morgan fingerprint density at radius 1 is 1.00 bits per heavy atom. The fourth-order valence-electron chi connectivity index (χ4n) is 0.757. The molecule has 4 N–H and O–H groups in total. The van der Waals surface area contributed by atoms with Gasteiger partial charge in [0, 0.05) is 24.8 Å². The van der Waals surface area contributed by atoms with Crippen molar-refractivity contribution in [3.8, 4) is 0 Å². The molecule has 0 radical (unpaired) electrons. The van der Waals surface area contributed by atoms with E-state index in [1.165, 1.54) is 11.0 Å². The minimum atomic E-state index is 0.0213. The van der Waals surface area contributed by atoms with Gasteiger partial charge in [0.25, 0.3) is 0 Å². The van der Waals surface area contributed by atoms with Crippen molar-refractivity contribution in [2.24, 2.45) is 16.6 Å². The highest BCUT2D eigenvalue weighted by Crippen LogP contribution is 1.81. The van der Waals surface area contributed by atoms with E-state index < -0.39 is 0 Å². The van der Waals surface area contributed by atoms with E-state index in [0.717, 1.165) is 0 Å². The Morgan fingerprint density at radius 2 is 1.73 bits per heavy atom. The van der Waals surface area contributed by atoms with Crippen molar-refractivity contribution in [2.45, 2.75) is 0 Å². The molecule has 0 saturated heterocycles. The normalized spacial score (nSPS) is 8.53. The second-order valence-corrected chi connectivity index (χ2v) is 2.49. The minimum absolute atomic E-state index is 0.0213. The van der Waals surface area contributed by atoms with Crippen molar-refractivity contribution >= 4 is 5.96 Å². The van der Waals surface area contributed by atoms with E-state index in [2.05, 4.69) is 15.1 Å². The van der Waals surface area contributed by atoms with Crippen molar-refractivity contribution in [2.75, 3.05) is 0 Å². The zero-order valence-electron chi connectivity index (χ0n) is 8.06. The van der Waals surface area contributed by atoms with Gasteiger partial charge in [-0.25, -0.2) is 9.66 Å². The van der Waals surface area contributed by atoms with Gasteiger partial charge in [0.1, 0.15) is 6.33 Å². The summed E-state index contributed by atoms with van der Waals surface area (Å²) in [5.74, 6) is 0.0213. The fourth-order valence-corrected chi connectivity index (χ4v) is 0.757. The lowest BCUT2D eigenvalue weighted by atomic mass is 10.5. The number of pyridine rings is 1. The van der Waals surface area contributed by atoms with Crippen LogP contribution in [0.2, 0.25) is 0 Å². The first-order valence-corrected chi connectivity index (χ1v) is 4.22. The van der Waals surface area contributed by atoms with Crippen LogP contribution in [-0.2, 0) is 0 Å². The number of guanidine groups is 1. The van der Waals surface area contributed by atoms with Crippen LogP contribution in [0.5, 0.6) is 0 Å². The van der Waals surface area contributed by atoms with Gasteiger partial charge in [0.2, 0.25) is 5.96 Å². The Bertz CT molecular complexity index is 350. The average Bonchev–Trinajstić information content (AvgIpc) is 2.73. The summed E-state index contributed by atoms with van der Waals surface area (Å²) in [5.41, 5.74) is 10.1. The molecule has 0 saturated carbocycles. The first-order chi connectivity index (χ1) is 7.29. The summed E-state index contributed by atoms with van der Waals surface area (Å²) in [6.07, 6.45) is 8.23. The van der Waals surface area contributed by atoms with Gasteiger partial charge in [0.15, 0.2) is 0 Å². The second-order valence-electron chi connectivity index (χ2n) is 2.49. The topological polar surface area (TPSA) is 95.1 Å². The molecule has 0 aromatic carbocycles. The summed E-state index contributed by atoms with van der Waals surface area (Å²) in [4.78, 5) is 7.50. The Balaban J connectivity index is 0.000000162. The van der Waals surface area contributed by atoms with E-state index in [1.54, 1.807) is 24.8 Å². The Kier molecular flexibility index (Phi) is 4.38. The monoisotopic (exact) mass is 204 g/mol. The highest BCUT2D eigenvalue weighted by Gasteiger charge is 1.81. The fraction of sp³-hybridized carbons (Fsp3) is 0. The molecule has 2 aromatic rings. The lowest BCUT2D eigenvalue weighted by Gasteiger charge is -1.89. The van der Waals surface area contributed by atoms with Crippen molar-refractivity contribution in [1.29, 1.82) is 0 Å². The van der Waals surface area contributed by atoms with Crippen LogP contribution in [0.1, 0.15) is 0 Å². The van der Waals surface area contributed by atoms with Gasteiger partial charge in [-0.2, -0.15) is 0 Å². The zero-order chi connectivity index (χ0) is 10.9. The molecule has 0 spiro atoms. The molecule has 6 heteroatoms. The Labute approximate surface area is 87.3 Å². The molecule has 6 nitrogen and oxygen atoms in total. The third-order valence-corrected chi connectivity index (χ3v) is 1.29. The maximum absolute atomic E-state index is 5.06. The summed E-state index contributed by atoms with van der Waals surface area (Å²) >= 11 is 0. The molecule has 0 fully saturated rings. The zero-order valence-corrected chi connectivity index (χ0v) is 8.06. The molecule has 2 rings (SSSR count). The predicted octanol–water partition coefficient (Wildman–Crippen LogP) is 0.00120. The van der Waals surface area contributed by atoms with Gasteiger partial charge >= 0.3 is 0 Å². The standard InChI is InChI=1S/C5H5N.C4H7N5/c1-2-4-6-5-3-1;5-4(6)8-9-2-1-7-3-9/h1-5H;1-3H,(H4,5,6,8). The van der Waals surface area contributed by atoms with Gasteiger partial charge in [-0.1, -0.05) is 6.07 Å². The van der Waals surface area contributed by atoms with Crippen LogP contribution in [0, 0.1) is 0 Å². The first kappa shape index (κ1) is 10.7. The van der Waals surface area contributed by atoms with Crippen LogP contribution in [-0.4, -0.2) is 20.6 Å². The van der Waals surface area contributed by atoms with Crippen LogP contribution < -0.4 is 11.5 Å². The van der Waals surface area contributed by atoms with E-state index in [4.69, 9.17) is 11.5 Å². The molecule has 78 valence electrons. The lowest BCUT2D eigenvalue weighted by molar-refractivity contribution is 0.869. The van der Waals surface area contributed by atoms with E-state index >= 15 is 0 Å². The minimum Gasteiger partial charge on any atom is -0.369 e.